The van der Waals surface area contributed by atoms with Gasteiger partial charge in [0, 0.05) is 5.92 Å². The van der Waals surface area contributed by atoms with Crippen molar-refractivity contribution in [3.8, 4) is 0 Å². The van der Waals surface area contributed by atoms with E-state index in [-0.39, 0.29) is 22.1 Å². The van der Waals surface area contributed by atoms with E-state index < -0.39 is 30.2 Å². The van der Waals surface area contributed by atoms with Crippen molar-refractivity contribution in [3.05, 3.63) is 60.7 Å². The third kappa shape index (κ3) is 4.78. The number of hydrogen-bond donors (Lipinski definition) is 0. The second-order valence-electron chi connectivity index (χ2n) is 7.58. The first kappa shape index (κ1) is 21.7. The smallest absolute Gasteiger partial charge is 0.195 e. The van der Waals surface area contributed by atoms with Gasteiger partial charge in [-0.05, 0) is 49.4 Å². The van der Waals surface area contributed by atoms with Crippen LogP contribution in [0.1, 0.15) is 38.5 Å². The van der Waals surface area contributed by atoms with E-state index in [9.17, 15) is 21.6 Å². The standard InChI is InChI=1S/C22H26O5S2/c23-17-19(18-10-4-1-5-11-18)16-22(28(24,25)20-12-6-2-7-13-20)29(26,27)21-14-8-3-9-15-21/h2-3,6-9,12-15,17-19,22H,1,4-5,10-11,16H2/t19-/m1/s1. The van der Waals surface area contributed by atoms with Gasteiger partial charge in [0.1, 0.15) is 6.29 Å². The quantitative estimate of drug-likeness (QED) is 0.585. The molecule has 1 saturated carbocycles. The van der Waals surface area contributed by atoms with Crippen LogP contribution in [0.4, 0.5) is 0 Å². The fourth-order valence-electron chi connectivity index (χ4n) is 4.09. The zero-order valence-corrected chi connectivity index (χ0v) is 17.8. The maximum absolute atomic E-state index is 13.4. The van der Waals surface area contributed by atoms with Crippen LogP contribution in [0, 0.1) is 11.8 Å². The molecule has 2 aromatic rings. The Kier molecular flexibility index (Phi) is 6.90. The van der Waals surface area contributed by atoms with Crippen molar-refractivity contribution in [3.63, 3.8) is 0 Å². The first-order chi connectivity index (χ1) is 13.9. The van der Waals surface area contributed by atoms with E-state index >= 15 is 0 Å². The molecule has 1 atom stereocenters. The van der Waals surface area contributed by atoms with Gasteiger partial charge in [-0.2, -0.15) is 0 Å². The summed E-state index contributed by atoms with van der Waals surface area (Å²) in [4.78, 5) is 11.8. The Morgan fingerprint density at radius 2 is 1.21 bits per heavy atom. The number of sulfone groups is 2. The molecule has 0 bridgehead atoms. The van der Waals surface area contributed by atoms with Gasteiger partial charge in [-0.3, -0.25) is 0 Å². The SMILES string of the molecule is O=C[C@@H](CC(S(=O)(=O)c1ccccc1)S(=O)(=O)c1ccccc1)C1CCCCC1. The van der Waals surface area contributed by atoms with Crippen molar-refractivity contribution in [1.29, 1.82) is 0 Å². The average Bonchev–Trinajstić information content (AvgIpc) is 2.76. The van der Waals surface area contributed by atoms with Gasteiger partial charge >= 0.3 is 0 Å². The van der Waals surface area contributed by atoms with E-state index in [1.807, 2.05) is 0 Å². The second kappa shape index (κ2) is 9.22. The van der Waals surface area contributed by atoms with E-state index in [1.165, 1.54) is 24.3 Å². The van der Waals surface area contributed by atoms with Crippen LogP contribution in [0.15, 0.2) is 70.5 Å². The zero-order chi connectivity index (χ0) is 20.9. The number of aldehydes is 1. The molecule has 7 heteroatoms. The summed E-state index contributed by atoms with van der Waals surface area (Å²) in [5.74, 6) is -0.571. The van der Waals surface area contributed by atoms with Crippen LogP contribution in [0.5, 0.6) is 0 Å². The van der Waals surface area contributed by atoms with Crippen molar-refractivity contribution < 1.29 is 21.6 Å². The molecule has 1 aliphatic carbocycles. The van der Waals surface area contributed by atoms with Crippen molar-refractivity contribution in [2.45, 2.75) is 52.9 Å². The first-order valence-corrected chi connectivity index (χ1v) is 13.0. The Labute approximate surface area is 173 Å². The maximum Gasteiger partial charge on any atom is 0.195 e. The van der Waals surface area contributed by atoms with Crippen molar-refractivity contribution in [1.82, 2.24) is 0 Å². The summed E-state index contributed by atoms with van der Waals surface area (Å²) in [5, 5.41) is 0. The number of carbonyl (C=O) groups is 1. The molecule has 0 heterocycles. The van der Waals surface area contributed by atoms with E-state index in [1.54, 1.807) is 36.4 Å². The lowest BCUT2D eigenvalue weighted by Crippen LogP contribution is -2.35. The van der Waals surface area contributed by atoms with Gasteiger partial charge in [0.2, 0.25) is 0 Å². The number of carbonyl (C=O) groups excluding carboxylic acids is 1. The van der Waals surface area contributed by atoms with Crippen LogP contribution in [0.2, 0.25) is 0 Å². The summed E-state index contributed by atoms with van der Waals surface area (Å²) in [7, 11) is -8.40. The van der Waals surface area contributed by atoms with Crippen LogP contribution >= 0.6 is 0 Å². The van der Waals surface area contributed by atoms with Crippen molar-refractivity contribution in [2.75, 3.05) is 0 Å². The molecule has 0 aliphatic heterocycles. The van der Waals surface area contributed by atoms with Crippen LogP contribution < -0.4 is 0 Å². The van der Waals surface area contributed by atoms with Gasteiger partial charge < -0.3 is 4.79 Å². The predicted octanol–water partition coefficient (Wildman–Crippen LogP) is 4.05. The lowest BCUT2D eigenvalue weighted by atomic mass is 9.79. The molecular weight excluding hydrogens is 408 g/mol. The predicted molar refractivity (Wildman–Crippen MR) is 112 cm³/mol. The number of hydrogen-bond acceptors (Lipinski definition) is 5. The molecular formula is C22H26O5S2. The molecule has 0 radical (unpaired) electrons. The minimum absolute atomic E-state index is 0.0284. The number of benzene rings is 2. The topological polar surface area (TPSA) is 85.3 Å². The van der Waals surface area contributed by atoms with E-state index in [0.29, 0.717) is 0 Å². The van der Waals surface area contributed by atoms with Crippen LogP contribution in [0.25, 0.3) is 0 Å². The lowest BCUT2D eigenvalue weighted by Gasteiger charge is -2.29. The Balaban J connectivity index is 2.05. The summed E-state index contributed by atoms with van der Waals surface area (Å²) >= 11 is 0. The Morgan fingerprint density at radius 1 is 0.759 bits per heavy atom. The van der Waals surface area contributed by atoms with Gasteiger partial charge in [-0.15, -0.1) is 0 Å². The highest BCUT2D eigenvalue weighted by molar-refractivity contribution is 8.09. The monoisotopic (exact) mass is 434 g/mol. The van der Waals surface area contributed by atoms with Gasteiger partial charge in [0.25, 0.3) is 0 Å². The zero-order valence-electron chi connectivity index (χ0n) is 16.2. The lowest BCUT2D eigenvalue weighted by molar-refractivity contribution is -0.113. The van der Waals surface area contributed by atoms with E-state index in [0.717, 1.165) is 38.4 Å². The van der Waals surface area contributed by atoms with E-state index in [4.69, 9.17) is 0 Å². The molecule has 0 unspecified atom stereocenters. The molecule has 1 fully saturated rings. The highest BCUT2D eigenvalue weighted by Gasteiger charge is 2.42. The fraction of sp³-hybridized carbons (Fsp3) is 0.409. The van der Waals surface area contributed by atoms with Crippen LogP contribution in [-0.4, -0.2) is 27.7 Å². The molecule has 3 rings (SSSR count). The molecule has 156 valence electrons. The second-order valence-corrected chi connectivity index (χ2v) is 12.1. The summed E-state index contributed by atoms with van der Waals surface area (Å²) in [5.41, 5.74) is 0. The summed E-state index contributed by atoms with van der Waals surface area (Å²) in [6, 6.07) is 15.2. The van der Waals surface area contributed by atoms with Gasteiger partial charge in [-0.1, -0.05) is 55.7 Å². The van der Waals surface area contributed by atoms with Crippen molar-refractivity contribution in [2.24, 2.45) is 11.8 Å². The molecule has 5 nitrogen and oxygen atoms in total. The average molecular weight is 435 g/mol. The Bertz CT molecular complexity index is 940. The summed E-state index contributed by atoms with van der Waals surface area (Å²) in [6.45, 7) is 0. The fourth-order valence-corrected chi connectivity index (χ4v) is 8.72. The van der Waals surface area contributed by atoms with Crippen LogP contribution in [0.3, 0.4) is 0 Å². The molecule has 0 aromatic heterocycles. The van der Waals surface area contributed by atoms with Gasteiger partial charge in [-0.25, -0.2) is 16.8 Å². The number of rotatable bonds is 8. The largest absolute Gasteiger partial charge is 0.303 e. The molecule has 0 amide bonds. The van der Waals surface area contributed by atoms with Gasteiger partial charge in [0.05, 0.1) is 9.79 Å². The third-order valence-electron chi connectivity index (χ3n) is 5.73. The summed E-state index contributed by atoms with van der Waals surface area (Å²) in [6.07, 6.45) is 5.25. The first-order valence-electron chi connectivity index (χ1n) is 9.90. The molecule has 0 spiro atoms. The Hall–Kier alpha value is -1.99. The molecule has 2 aromatic carbocycles. The third-order valence-corrected chi connectivity index (χ3v) is 10.9. The molecule has 1 aliphatic rings. The minimum Gasteiger partial charge on any atom is -0.303 e. The Morgan fingerprint density at radius 3 is 1.62 bits per heavy atom. The van der Waals surface area contributed by atoms with E-state index in [2.05, 4.69) is 0 Å². The molecule has 29 heavy (non-hydrogen) atoms. The van der Waals surface area contributed by atoms with Crippen molar-refractivity contribution >= 4 is 26.0 Å². The molecule has 0 N–H and O–H groups in total. The maximum atomic E-state index is 13.4. The van der Waals surface area contributed by atoms with Crippen LogP contribution in [-0.2, 0) is 24.5 Å². The normalized spacial score (nSPS) is 17.1. The highest BCUT2D eigenvalue weighted by Crippen LogP contribution is 2.36. The molecule has 0 saturated heterocycles. The minimum atomic E-state index is -4.20. The van der Waals surface area contributed by atoms with Gasteiger partial charge in [0.15, 0.2) is 24.3 Å². The highest BCUT2D eigenvalue weighted by atomic mass is 32.3. The summed E-state index contributed by atoms with van der Waals surface area (Å²) < 4.78 is 51.9.